The van der Waals surface area contributed by atoms with Gasteiger partial charge in [0, 0.05) is 19.3 Å². The zero-order valence-corrected chi connectivity index (χ0v) is 11.8. The van der Waals surface area contributed by atoms with Crippen molar-refractivity contribution in [2.45, 2.75) is 12.5 Å². The standard InChI is InChI=1S/C15H18N2O4/c1-3-9-21-12-6-4-11(5-7-12)15(19)17-13(14(16)18)8-10-20-2/h1,4-7,13H,8-10H2,2H3,(H2,16,18)(H,17,19). The fourth-order valence-corrected chi connectivity index (χ4v) is 1.59. The van der Waals surface area contributed by atoms with E-state index in [0.29, 0.717) is 24.3 Å². The van der Waals surface area contributed by atoms with Crippen LogP contribution in [0.4, 0.5) is 0 Å². The summed E-state index contributed by atoms with van der Waals surface area (Å²) in [5, 5.41) is 2.56. The molecule has 0 aliphatic carbocycles. The Hall–Kier alpha value is -2.52. The molecule has 0 spiro atoms. The Kier molecular flexibility index (Phi) is 6.78. The Morgan fingerprint density at radius 3 is 2.57 bits per heavy atom. The molecular formula is C15H18N2O4. The topological polar surface area (TPSA) is 90.7 Å². The Morgan fingerprint density at radius 1 is 1.38 bits per heavy atom. The molecule has 1 aromatic carbocycles. The van der Waals surface area contributed by atoms with Gasteiger partial charge in [0.05, 0.1) is 0 Å². The van der Waals surface area contributed by atoms with Crippen LogP contribution in [0.1, 0.15) is 16.8 Å². The minimum Gasteiger partial charge on any atom is -0.481 e. The van der Waals surface area contributed by atoms with Crippen molar-refractivity contribution < 1.29 is 19.1 Å². The number of hydrogen-bond donors (Lipinski definition) is 2. The van der Waals surface area contributed by atoms with Gasteiger partial charge in [0.1, 0.15) is 18.4 Å². The highest BCUT2D eigenvalue weighted by Gasteiger charge is 2.18. The second-order valence-electron chi connectivity index (χ2n) is 4.23. The largest absolute Gasteiger partial charge is 0.481 e. The molecule has 1 unspecified atom stereocenters. The fourth-order valence-electron chi connectivity index (χ4n) is 1.59. The van der Waals surface area contributed by atoms with Crippen molar-refractivity contribution in [3.63, 3.8) is 0 Å². The van der Waals surface area contributed by atoms with Crippen LogP contribution in [0.3, 0.4) is 0 Å². The van der Waals surface area contributed by atoms with Crippen LogP contribution < -0.4 is 15.8 Å². The molecule has 6 heteroatoms. The van der Waals surface area contributed by atoms with Gasteiger partial charge in [-0.15, -0.1) is 6.42 Å². The van der Waals surface area contributed by atoms with Crippen molar-refractivity contribution in [3.05, 3.63) is 29.8 Å². The Bertz CT molecular complexity index is 519. The van der Waals surface area contributed by atoms with E-state index >= 15 is 0 Å². The second kappa shape index (κ2) is 8.61. The number of hydrogen-bond acceptors (Lipinski definition) is 4. The van der Waals surface area contributed by atoms with Crippen LogP contribution in [0.5, 0.6) is 5.75 Å². The lowest BCUT2D eigenvalue weighted by molar-refractivity contribution is -0.120. The number of carbonyl (C=O) groups is 2. The summed E-state index contributed by atoms with van der Waals surface area (Å²) in [4.78, 5) is 23.3. The molecule has 0 heterocycles. The number of methoxy groups -OCH3 is 1. The van der Waals surface area contributed by atoms with Gasteiger partial charge in [0.15, 0.2) is 0 Å². The van der Waals surface area contributed by atoms with E-state index in [1.807, 2.05) is 0 Å². The molecule has 2 amide bonds. The number of amides is 2. The smallest absolute Gasteiger partial charge is 0.251 e. The van der Waals surface area contributed by atoms with Gasteiger partial charge in [-0.3, -0.25) is 9.59 Å². The summed E-state index contributed by atoms with van der Waals surface area (Å²) in [6.45, 7) is 0.485. The van der Waals surface area contributed by atoms with Crippen LogP contribution in [0, 0.1) is 12.3 Å². The van der Waals surface area contributed by atoms with E-state index in [4.69, 9.17) is 21.6 Å². The molecule has 0 saturated carbocycles. The normalized spacial score (nSPS) is 11.2. The van der Waals surface area contributed by atoms with E-state index in [2.05, 4.69) is 11.2 Å². The zero-order chi connectivity index (χ0) is 15.7. The summed E-state index contributed by atoms with van der Waals surface area (Å²) < 4.78 is 10.1. The maximum atomic E-state index is 12.0. The third-order valence-electron chi connectivity index (χ3n) is 2.70. The summed E-state index contributed by atoms with van der Waals surface area (Å²) in [5.74, 6) is 1.92. The lowest BCUT2D eigenvalue weighted by Crippen LogP contribution is -2.45. The molecule has 112 valence electrons. The number of terminal acetylenes is 1. The minimum absolute atomic E-state index is 0.159. The molecule has 0 radical (unpaired) electrons. The highest BCUT2D eigenvalue weighted by molar-refractivity contribution is 5.97. The molecule has 0 fully saturated rings. The number of primary amides is 1. The molecule has 0 saturated heterocycles. The summed E-state index contributed by atoms with van der Waals surface area (Å²) in [6.07, 6.45) is 5.40. The van der Waals surface area contributed by atoms with Gasteiger partial charge >= 0.3 is 0 Å². The van der Waals surface area contributed by atoms with E-state index in [-0.39, 0.29) is 6.61 Å². The quantitative estimate of drug-likeness (QED) is 0.675. The van der Waals surface area contributed by atoms with Crippen LogP contribution in [0.25, 0.3) is 0 Å². The molecule has 21 heavy (non-hydrogen) atoms. The summed E-state index contributed by atoms with van der Waals surface area (Å²) in [6, 6.07) is 5.64. The van der Waals surface area contributed by atoms with Crippen molar-refractivity contribution in [2.24, 2.45) is 5.73 Å². The third kappa shape index (κ3) is 5.55. The first-order chi connectivity index (χ1) is 10.1. The monoisotopic (exact) mass is 290 g/mol. The maximum Gasteiger partial charge on any atom is 0.251 e. The molecule has 0 aromatic heterocycles. The first-order valence-electron chi connectivity index (χ1n) is 6.34. The van der Waals surface area contributed by atoms with Crippen molar-refractivity contribution in [2.75, 3.05) is 20.3 Å². The third-order valence-corrected chi connectivity index (χ3v) is 2.70. The van der Waals surface area contributed by atoms with Gasteiger partial charge in [0.2, 0.25) is 5.91 Å². The molecule has 1 rings (SSSR count). The van der Waals surface area contributed by atoms with E-state index < -0.39 is 17.9 Å². The highest BCUT2D eigenvalue weighted by atomic mass is 16.5. The van der Waals surface area contributed by atoms with Crippen LogP contribution in [-0.2, 0) is 9.53 Å². The molecule has 1 aromatic rings. The van der Waals surface area contributed by atoms with E-state index in [1.165, 1.54) is 7.11 Å². The lowest BCUT2D eigenvalue weighted by Gasteiger charge is -2.15. The van der Waals surface area contributed by atoms with E-state index in [9.17, 15) is 9.59 Å². The number of ether oxygens (including phenoxy) is 2. The van der Waals surface area contributed by atoms with Crippen LogP contribution in [0.15, 0.2) is 24.3 Å². The highest BCUT2D eigenvalue weighted by Crippen LogP contribution is 2.12. The number of nitrogens with two attached hydrogens (primary N) is 1. The van der Waals surface area contributed by atoms with Crippen LogP contribution in [-0.4, -0.2) is 38.2 Å². The van der Waals surface area contributed by atoms with Crippen LogP contribution in [0.2, 0.25) is 0 Å². The Labute approximate surface area is 123 Å². The molecule has 1 atom stereocenters. The summed E-state index contributed by atoms with van der Waals surface area (Å²) in [7, 11) is 1.51. The SMILES string of the molecule is C#CCOc1ccc(C(=O)NC(CCOC)C(N)=O)cc1. The second-order valence-corrected chi connectivity index (χ2v) is 4.23. The average Bonchev–Trinajstić information content (AvgIpc) is 2.49. The van der Waals surface area contributed by atoms with Crippen LogP contribution >= 0.6 is 0 Å². The fraction of sp³-hybridized carbons (Fsp3) is 0.333. The van der Waals surface area contributed by atoms with Crippen molar-refractivity contribution in [1.29, 1.82) is 0 Å². The molecule has 0 aliphatic rings. The summed E-state index contributed by atoms with van der Waals surface area (Å²) >= 11 is 0. The lowest BCUT2D eigenvalue weighted by atomic mass is 10.1. The predicted octanol–water partition coefficient (Wildman–Crippen LogP) is 0.319. The Balaban J connectivity index is 2.65. The van der Waals surface area contributed by atoms with Gasteiger partial charge in [-0.2, -0.15) is 0 Å². The maximum absolute atomic E-state index is 12.0. The first-order valence-corrected chi connectivity index (χ1v) is 6.34. The zero-order valence-electron chi connectivity index (χ0n) is 11.8. The van der Waals surface area contributed by atoms with Gasteiger partial charge < -0.3 is 20.5 Å². The van der Waals surface area contributed by atoms with Crippen molar-refractivity contribution >= 4 is 11.8 Å². The molecule has 0 aliphatic heterocycles. The average molecular weight is 290 g/mol. The van der Waals surface area contributed by atoms with E-state index in [0.717, 1.165) is 0 Å². The van der Waals surface area contributed by atoms with Crippen molar-refractivity contribution in [1.82, 2.24) is 5.32 Å². The van der Waals surface area contributed by atoms with Gasteiger partial charge in [-0.05, 0) is 30.7 Å². The molecule has 3 N–H and O–H groups in total. The molecular weight excluding hydrogens is 272 g/mol. The van der Waals surface area contributed by atoms with Gasteiger partial charge in [-0.25, -0.2) is 0 Å². The number of rotatable bonds is 8. The minimum atomic E-state index is -0.769. The van der Waals surface area contributed by atoms with Gasteiger partial charge in [0.25, 0.3) is 5.91 Å². The molecule has 0 bridgehead atoms. The van der Waals surface area contributed by atoms with Gasteiger partial charge in [-0.1, -0.05) is 5.92 Å². The number of carbonyl (C=O) groups excluding carboxylic acids is 2. The van der Waals surface area contributed by atoms with E-state index in [1.54, 1.807) is 24.3 Å². The molecule has 6 nitrogen and oxygen atoms in total. The Morgan fingerprint density at radius 2 is 2.05 bits per heavy atom. The number of nitrogens with one attached hydrogen (secondary N) is 1. The number of benzene rings is 1. The summed E-state index contributed by atoms with van der Waals surface area (Å²) in [5.41, 5.74) is 5.63. The van der Waals surface area contributed by atoms with Crippen molar-refractivity contribution in [3.8, 4) is 18.1 Å². The first kappa shape index (κ1) is 16.5. The predicted molar refractivity (Wildman–Crippen MR) is 77.7 cm³/mol.